The van der Waals surface area contributed by atoms with E-state index in [2.05, 4.69) is 29.4 Å². The molecular formula is C8H15N5. The maximum Gasteiger partial charge on any atom is 0.138 e. The Morgan fingerprint density at radius 2 is 2.23 bits per heavy atom. The molecule has 0 aliphatic heterocycles. The first-order chi connectivity index (χ1) is 6.12. The van der Waals surface area contributed by atoms with Crippen molar-refractivity contribution in [1.29, 1.82) is 0 Å². The van der Waals surface area contributed by atoms with Gasteiger partial charge in [0.05, 0.1) is 0 Å². The third-order valence-corrected chi connectivity index (χ3v) is 3.20. The lowest BCUT2D eigenvalue weighted by molar-refractivity contribution is 0.470. The summed E-state index contributed by atoms with van der Waals surface area (Å²) in [6.07, 6.45) is 2.71. The highest BCUT2D eigenvalue weighted by molar-refractivity contribution is 5.08. The number of hydrogen-bond donors (Lipinski definition) is 1. The van der Waals surface area contributed by atoms with Crippen LogP contribution in [0.1, 0.15) is 20.3 Å². The van der Waals surface area contributed by atoms with Crippen molar-refractivity contribution >= 4 is 0 Å². The van der Waals surface area contributed by atoms with Crippen LogP contribution >= 0.6 is 0 Å². The largest absolute Gasteiger partial charge is 0.327 e. The van der Waals surface area contributed by atoms with Crippen LogP contribution in [-0.2, 0) is 6.54 Å². The zero-order valence-corrected chi connectivity index (χ0v) is 8.01. The van der Waals surface area contributed by atoms with Gasteiger partial charge >= 0.3 is 0 Å². The van der Waals surface area contributed by atoms with E-state index in [1.54, 1.807) is 11.0 Å². The van der Waals surface area contributed by atoms with Gasteiger partial charge in [0.25, 0.3) is 0 Å². The molecule has 1 aliphatic carbocycles. The van der Waals surface area contributed by atoms with Gasteiger partial charge in [-0.15, -0.1) is 5.10 Å². The minimum absolute atomic E-state index is 0.314. The highest BCUT2D eigenvalue weighted by Gasteiger charge is 2.54. The van der Waals surface area contributed by atoms with Gasteiger partial charge < -0.3 is 5.73 Å². The summed E-state index contributed by atoms with van der Waals surface area (Å²) in [5.41, 5.74) is 6.24. The molecule has 2 unspecified atom stereocenters. The van der Waals surface area contributed by atoms with Gasteiger partial charge in [0, 0.05) is 12.6 Å². The summed E-state index contributed by atoms with van der Waals surface area (Å²) < 4.78 is 1.75. The first-order valence-electron chi connectivity index (χ1n) is 4.58. The zero-order chi connectivity index (χ0) is 9.47. The van der Waals surface area contributed by atoms with Crippen molar-refractivity contribution in [2.45, 2.75) is 32.9 Å². The van der Waals surface area contributed by atoms with Crippen LogP contribution in [0.15, 0.2) is 6.33 Å². The molecule has 5 heteroatoms. The van der Waals surface area contributed by atoms with Crippen molar-refractivity contribution in [3.05, 3.63) is 6.33 Å². The first kappa shape index (κ1) is 8.62. The fraction of sp³-hybridized carbons (Fsp3) is 0.875. The second-order valence-corrected chi connectivity index (χ2v) is 4.32. The molecule has 1 aromatic rings. The molecule has 2 rings (SSSR count). The molecule has 1 aliphatic rings. The SMILES string of the molecule is CC1(C)C(N)C1CCn1cnnn1. The lowest BCUT2D eigenvalue weighted by Crippen LogP contribution is -2.07. The molecule has 0 radical (unpaired) electrons. The Bertz CT molecular complexity index is 279. The van der Waals surface area contributed by atoms with E-state index in [9.17, 15) is 0 Å². The Morgan fingerprint density at radius 3 is 2.69 bits per heavy atom. The van der Waals surface area contributed by atoms with Crippen LogP contribution in [0.25, 0.3) is 0 Å². The van der Waals surface area contributed by atoms with Crippen LogP contribution in [0.4, 0.5) is 0 Å². The van der Waals surface area contributed by atoms with Gasteiger partial charge in [-0.25, -0.2) is 4.68 Å². The van der Waals surface area contributed by atoms with E-state index >= 15 is 0 Å². The molecule has 2 N–H and O–H groups in total. The summed E-state index contributed by atoms with van der Waals surface area (Å²) >= 11 is 0. The quantitative estimate of drug-likeness (QED) is 0.715. The summed E-state index contributed by atoms with van der Waals surface area (Å²) in [5, 5.41) is 11.0. The number of aryl methyl sites for hydroxylation is 1. The van der Waals surface area contributed by atoms with E-state index in [-0.39, 0.29) is 0 Å². The third-order valence-electron chi connectivity index (χ3n) is 3.20. The van der Waals surface area contributed by atoms with Crippen molar-refractivity contribution in [3.8, 4) is 0 Å². The molecule has 0 aromatic carbocycles. The fourth-order valence-corrected chi connectivity index (χ4v) is 1.89. The normalized spacial score (nSPS) is 30.4. The fourth-order valence-electron chi connectivity index (χ4n) is 1.89. The molecule has 0 bridgehead atoms. The Morgan fingerprint density at radius 1 is 1.54 bits per heavy atom. The smallest absolute Gasteiger partial charge is 0.138 e. The number of hydrogen-bond acceptors (Lipinski definition) is 4. The molecule has 0 amide bonds. The van der Waals surface area contributed by atoms with Gasteiger partial charge in [-0.2, -0.15) is 0 Å². The topological polar surface area (TPSA) is 69.6 Å². The molecule has 72 valence electrons. The zero-order valence-electron chi connectivity index (χ0n) is 8.01. The molecule has 0 spiro atoms. The molecule has 5 nitrogen and oxygen atoms in total. The number of nitrogens with two attached hydrogens (primary N) is 1. The van der Waals surface area contributed by atoms with Crippen LogP contribution in [0.3, 0.4) is 0 Å². The maximum atomic E-state index is 5.92. The average molecular weight is 181 g/mol. The van der Waals surface area contributed by atoms with Crippen molar-refractivity contribution in [1.82, 2.24) is 20.2 Å². The lowest BCUT2D eigenvalue weighted by atomic mass is 10.1. The summed E-state index contributed by atoms with van der Waals surface area (Å²) in [5.74, 6) is 0.622. The second kappa shape index (κ2) is 2.77. The molecule has 1 aromatic heterocycles. The Kier molecular flexibility index (Phi) is 1.83. The Labute approximate surface area is 77.3 Å². The first-order valence-corrected chi connectivity index (χ1v) is 4.58. The van der Waals surface area contributed by atoms with E-state index in [0.717, 1.165) is 13.0 Å². The Hall–Kier alpha value is -0.970. The summed E-state index contributed by atoms with van der Waals surface area (Å²) in [6.45, 7) is 5.29. The minimum Gasteiger partial charge on any atom is -0.327 e. The van der Waals surface area contributed by atoms with Gasteiger partial charge in [-0.05, 0) is 28.2 Å². The van der Waals surface area contributed by atoms with Gasteiger partial charge in [0.1, 0.15) is 6.33 Å². The number of tetrazole rings is 1. The van der Waals surface area contributed by atoms with Gasteiger partial charge in [-0.1, -0.05) is 13.8 Å². The molecule has 13 heavy (non-hydrogen) atoms. The van der Waals surface area contributed by atoms with Crippen LogP contribution in [0.5, 0.6) is 0 Å². The van der Waals surface area contributed by atoms with E-state index in [0.29, 0.717) is 17.4 Å². The average Bonchev–Trinajstić information content (AvgIpc) is 2.57. The molecule has 1 heterocycles. The van der Waals surface area contributed by atoms with Crippen LogP contribution in [0.2, 0.25) is 0 Å². The number of nitrogens with zero attached hydrogens (tertiary/aromatic N) is 4. The van der Waals surface area contributed by atoms with Crippen molar-refractivity contribution in [2.75, 3.05) is 0 Å². The molecular weight excluding hydrogens is 166 g/mol. The lowest BCUT2D eigenvalue weighted by Gasteiger charge is -2.00. The van der Waals surface area contributed by atoms with Gasteiger partial charge in [0.2, 0.25) is 0 Å². The van der Waals surface area contributed by atoms with E-state index < -0.39 is 0 Å². The van der Waals surface area contributed by atoms with E-state index in [4.69, 9.17) is 5.73 Å². The minimum atomic E-state index is 0.314. The van der Waals surface area contributed by atoms with Gasteiger partial charge in [-0.3, -0.25) is 0 Å². The summed E-state index contributed by atoms with van der Waals surface area (Å²) in [4.78, 5) is 0. The van der Waals surface area contributed by atoms with Crippen molar-refractivity contribution in [2.24, 2.45) is 17.1 Å². The second-order valence-electron chi connectivity index (χ2n) is 4.32. The number of rotatable bonds is 3. The number of aromatic nitrogens is 4. The third kappa shape index (κ3) is 1.44. The van der Waals surface area contributed by atoms with Crippen LogP contribution in [-0.4, -0.2) is 26.2 Å². The van der Waals surface area contributed by atoms with Crippen molar-refractivity contribution < 1.29 is 0 Å². The van der Waals surface area contributed by atoms with E-state index in [1.165, 1.54) is 0 Å². The van der Waals surface area contributed by atoms with Crippen LogP contribution < -0.4 is 5.73 Å². The summed E-state index contributed by atoms with van der Waals surface area (Å²) in [7, 11) is 0. The van der Waals surface area contributed by atoms with Gasteiger partial charge in [0.15, 0.2) is 0 Å². The maximum absolute atomic E-state index is 5.92. The monoisotopic (exact) mass is 181 g/mol. The standard InChI is InChI=1S/C8H15N5/c1-8(2)6(7(8)9)3-4-13-5-10-11-12-13/h5-7H,3-4,9H2,1-2H3. The predicted molar refractivity (Wildman–Crippen MR) is 47.7 cm³/mol. The highest BCUT2D eigenvalue weighted by Crippen LogP contribution is 2.52. The highest BCUT2D eigenvalue weighted by atomic mass is 15.5. The Balaban J connectivity index is 1.83. The predicted octanol–water partition coefficient (Wildman–Crippen LogP) is 0.0465. The summed E-state index contributed by atoms with van der Waals surface area (Å²) in [6, 6.07) is 0.351. The molecule has 2 atom stereocenters. The molecule has 0 saturated heterocycles. The van der Waals surface area contributed by atoms with Crippen LogP contribution in [0, 0.1) is 11.3 Å². The molecule has 1 saturated carbocycles. The van der Waals surface area contributed by atoms with E-state index in [1.807, 2.05) is 0 Å². The molecule has 1 fully saturated rings. The van der Waals surface area contributed by atoms with Crippen molar-refractivity contribution in [3.63, 3.8) is 0 Å².